The molecule has 1 fully saturated rings. The van der Waals surface area contributed by atoms with Gasteiger partial charge in [-0.15, -0.1) is 11.6 Å². The molecule has 5 heteroatoms. The molecule has 0 aromatic heterocycles. The largest absolute Gasteiger partial charge is 0.240 e. The molecule has 0 saturated heterocycles. The maximum Gasteiger partial charge on any atom is 0.240 e. The highest BCUT2D eigenvalue weighted by molar-refractivity contribution is 7.89. The van der Waals surface area contributed by atoms with Crippen molar-refractivity contribution < 1.29 is 8.42 Å². The Morgan fingerprint density at radius 1 is 1.12 bits per heavy atom. The smallest absolute Gasteiger partial charge is 0.207 e. The molecule has 0 radical (unpaired) electrons. The first-order valence-electron chi connectivity index (χ1n) is 5.81. The van der Waals surface area contributed by atoms with Crippen LogP contribution in [-0.4, -0.2) is 19.8 Å². The minimum Gasteiger partial charge on any atom is -0.207 e. The zero-order chi connectivity index (χ0) is 12.3. The predicted octanol–water partition coefficient (Wildman–Crippen LogP) is 2.51. The number of hydrogen-bond acceptors (Lipinski definition) is 2. The molecule has 94 valence electrons. The van der Waals surface area contributed by atoms with Gasteiger partial charge in [0.1, 0.15) is 0 Å². The van der Waals surface area contributed by atoms with Gasteiger partial charge in [-0.3, -0.25) is 0 Å². The molecule has 1 aromatic rings. The highest BCUT2D eigenvalue weighted by Gasteiger charge is 2.27. The van der Waals surface area contributed by atoms with Crippen molar-refractivity contribution in [1.29, 1.82) is 0 Å². The second-order valence-electron chi connectivity index (χ2n) is 4.34. The molecule has 0 aliphatic heterocycles. The van der Waals surface area contributed by atoms with Gasteiger partial charge in [0.2, 0.25) is 10.0 Å². The maximum absolute atomic E-state index is 12.1. The van der Waals surface area contributed by atoms with E-state index in [1.165, 1.54) is 0 Å². The van der Waals surface area contributed by atoms with Crippen LogP contribution in [0.15, 0.2) is 35.2 Å². The van der Waals surface area contributed by atoms with E-state index in [1.807, 2.05) is 0 Å². The van der Waals surface area contributed by atoms with E-state index in [4.69, 9.17) is 11.6 Å². The van der Waals surface area contributed by atoms with Crippen LogP contribution >= 0.6 is 11.6 Å². The van der Waals surface area contributed by atoms with Gasteiger partial charge >= 0.3 is 0 Å². The van der Waals surface area contributed by atoms with Crippen molar-refractivity contribution in [3.8, 4) is 0 Å². The number of hydrogen-bond donors (Lipinski definition) is 1. The molecule has 0 heterocycles. The third-order valence-corrected chi connectivity index (χ3v) is 5.07. The monoisotopic (exact) mass is 273 g/mol. The van der Waals surface area contributed by atoms with Crippen LogP contribution in [0.2, 0.25) is 0 Å². The highest BCUT2D eigenvalue weighted by atomic mass is 35.5. The summed E-state index contributed by atoms with van der Waals surface area (Å²) >= 11 is 6.15. The average molecular weight is 274 g/mol. The third kappa shape index (κ3) is 3.21. The van der Waals surface area contributed by atoms with E-state index in [1.54, 1.807) is 30.3 Å². The fourth-order valence-corrected chi connectivity index (χ4v) is 3.84. The minimum atomic E-state index is -3.43. The Morgan fingerprint density at radius 3 is 2.41 bits per heavy atom. The lowest BCUT2D eigenvalue weighted by Gasteiger charge is -2.27. The average Bonchev–Trinajstić information content (AvgIpc) is 2.33. The third-order valence-electron chi connectivity index (χ3n) is 3.04. The molecule has 17 heavy (non-hydrogen) atoms. The summed E-state index contributed by atoms with van der Waals surface area (Å²) < 4.78 is 26.9. The fraction of sp³-hybridized carbons (Fsp3) is 0.500. The first-order chi connectivity index (χ1) is 8.09. The van der Waals surface area contributed by atoms with Crippen LogP contribution in [0, 0.1) is 0 Å². The van der Waals surface area contributed by atoms with Gasteiger partial charge in [0.05, 0.1) is 4.90 Å². The number of alkyl halides is 1. The van der Waals surface area contributed by atoms with E-state index >= 15 is 0 Å². The van der Waals surface area contributed by atoms with Crippen molar-refractivity contribution in [2.45, 2.75) is 42.0 Å². The van der Waals surface area contributed by atoms with Gasteiger partial charge in [-0.1, -0.05) is 31.0 Å². The maximum atomic E-state index is 12.1. The van der Waals surface area contributed by atoms with Gasteiger partial charge in [-0.2, -0.15) is 0 Å². The Bertz CT molecular complexity index is 461. The zero-order valence-corrected chi connectivity index (χ0v) is 11.0. The van der Waals surface area contributed by atoms with Crippen molar-refractivity contribution in [2.24, 2.45) is 0 Å². The molecule has 1 saturated carbocycles. The topological polar surface area (TPSA) is 46.2 Å². The SMILES string of the molecule is O=S(=O)(N[C@@H]1CCCC[C@@H]1Cl)c1ccccc1. The molecular weight excluding hydrogens is 258 g/mol. The second kappa shape index (κ2) is 5.38. The number of halogens is 1. The first-order valence-corrected chi connectivity index (χ1v) is 7.73. The van der Waals surface area contributed by atoms with Crippen molar-refractivity contribution in [1.82, 2.24) is 4.72 Å². The normalized spacial score (nSPS) is 25.7. The number of rotatable bonds is 3. The van der Waals surface area contributed by atoms with Gasteiger partial charge < -0.3 is 0 Å². The Balaban J connectivity index is 2.12. The number of sulfonamides is 1. The van der Waals surface area contributed by atoms with Crippen molar-refractivity contribution >= 4 is 21.6 Å². The van der Waals surface area contributed by atoms with Crippen molar-refractivity contribution in [3.63, 3.8) is 0 Å². The Labute approximate surface area is 107 Å². The van der Waals surface area contributed by atoms with E-state index in [2.05, 4.69) is 4.72 Å². The predicted molar refractivity (Wildman–Crippen MR) is 68.7 cm³/mol. The lowest BCUT2D eigenvalue weighted by Crippen LogP contribution is -2.42. The summed E-state index contributed by atoms with van der Waals surface area (Å²) in [4.78, 5) is 0.300. The lowest BCUT2D eigenvalue weighted by molar-refractivity contribution is 0.418. The van der Waals surface area contributed by atoms with Crippen LogP contribution in [-0.2, 0) is 10.0 Å². The molecule has 0 spiro atoms. The van der Waals surface area contributed by atoms with E-state index in [-0.39, 0.29) is 11.4 Å². The molecule has 0 amide bonds. The Morgan fingerprint density at radius 2 is 1.76 bits per heavy atom. The summed E-state index contributed by atoms with van der Waals surface area (Å²) in [5.74, 6) is 0. The summed E-state index contributed by atoms with van der Waals surface area (Å²) in [5.41, 5.74) is 0. The summed E-state index contributed by atoms with van der Waals surface area (Å²) in [7, 11) is -3.43. The van der Waals surface area contributed by atoms with Crippen LogP contribution in [0.25, 0.3) is 0 Å². The molecule has 1 aliphatic rings. The summed E-state index contributed by atoms with van der Waals surface area (Å²) in [5, 5.41) is -0.0952. The number of benzene rings is 1. The molecule has 3 nitrogen and oxygen atoms in total. The van der Waals surface area contributed by atoms with Crippen LogP contribution in [0.4, 0.5) is 0 Å². The van der Waals surface area contributed by atoms with Crippen LogP contribution in [0.5, 0.6) is 0 Å². The number of nitrogens with one attached hydrogen (secondary N) is 1. The molecule has 1 N–H and O–H groups in total. The highest BCUT2D eigenvalue weighted by Crippen LogP contribution is 2.24. The lowest BCUT2D eigenvalue weighted by atomic mass is 9.96. The van der Waals surface area contributed by atoms with Crippen molar-refractivity contribution in [3.05, 3.63) is 30.3 Å². The minimum absolute atomic E-state index is 0.0952. The van der Waals surface area contributed by atoms with Gasteiger partial charge in [0, 0.05) is 11.4 Å². The molecule has 1 aromatic carbocycles. The van der Waals surface area contributed by atoms with Crippen LogP contribution in [0.1, 0.15) is 25.7 Å². The van der Waals surface area contributed by atoms with Gasteiger partial charge in [0.15, 0.2) is 0 Å². The quantitative estimate of drug-likeness (QED) is 0.860. The van der Waals surface area contributed by atoms with E-state index in [0.29, 0.717) is 4.90 Å². The molecular formula is C12H16ClNO2S. The van der Waals surface area contributed by atoms with E-state index < -0.39 is 10.0 Å². The summed E-state index contributed by atoms with van der Waals surface area (Å²) in [6.07, 6.45) is 3.81. The fourth-order valence-electron chi connectivity index (χ4n) is 2.09. The molecule has 2 rings (SSSR count). The molecule has 2 atom stereocenters. The van der Waals surface area contributed by atoms with Crippen LogP contribution in [0.3, 0.4) is 0 Å². The van der Waals surface area contributed by atoms with E-state index in [9.17, 15) is 8.42 Å². The second-order valence-corrected chi connectivity index (χ2v) is 6.62. The zero-order valence-electron chi connectivity index (χ0n) is 9.47. The molecule has 0 unspecified atom stereocenters. The standard InChI is InChI=1S/C12H16ClNO2S/c13-11-8-4-5-9-12(11)14-17(15,16)10-6-2-1-3-7-10/h1-3,6-7,11-12,14H,4-5,8-9H2/t11-,12+/m0/s1. The van der Waals surface area contributed by atoms with Gasteiger partial charge in [-0.05, 0) is 25.0 Å². The first kappa shape index (κ1) is 12.9. The van der Waals surface area contributed by atoms with Crippen LogP contribution < -0.4 is 4.72 Å². The van der Waals surface area contributed by atoms with Crippen molar-refractivity contribution in [2.75, 3.05) is 0 Å². The Hall–Kier alpha value is -0.580. The Kier molecular flexibility index (Phi) is 4.07. The van der Waals surface area contributed by atoms with Gasteiger partial charge in [-0.25, -0.2) is 13.1 Å². The van der Waals surface area contributed by atoms with E-state index in [0.717, 1.165) is 25.7 Å². The molecule has 0 bridgehead atoms. The molecule has 1 aliphatic carbocycles. The summed E-state index contributed by atoms with van der Waals surface area (Å²) in [6.45, 7) is 0. The summed E-state index contributed by atoms with van der Waals surface area (Å²) in [6, 6.07) is 8.27. The van der Waals surface area contributed by atoms with Gasteiger partial charge in [0.25, 0.3) is 0 Å².